The smallest absolute Gasteiger partial charge is 0.269 e. The molecule has 2 aromatic carbocycles. The van der Waals surface area contributed by atoms with Crippen molar-refractivity contribution in [3.05, 3.63) is 59.7 Å². The Bertz CT molecular complexity index is 1240. The standard InChI is InChI=1S/C26H31N3O6S/c1-18(25(31)27-20-7-3-4-8-20)28(17-19-11-13-21(35-2)14-12-19)24(30)15-16-29-26(32)22-9-5-6-10-23(22)36(29,33)34/h5-6,9-14,18,20H,3-4,7-8,15-17H2,1-2H3,(H,27,31)/t18-/m0/s1. The summed E-state index contributed by atoms with van der Waals surface area (Å²) < 4.78 is 31.7. The molecule has 3 amide bonds. The zero-order chi connectivity index (χ0) is 25.9. The van der Waals surface area contributed by atoms with Crippen LogP contribution in [0.2, 0.25) is 0 Å². The Balaban J connectivity index is 1.50. The quantitative estimate of drug-likeness (QED) is 0.552. The predicted molar refractivity (Wildman–Crippen MR) is 133 cm³/mol. The highest BCUT2D eigenvalue weighted by Gasteiger charge is 2.41. The van der Waals surface area contributed by atoms with E-state index in [1.807, 2.05) is 12.1 Å². The number of rotatable bonds is 9. The molecule has 10 heteroatoms. The molecule has 36 heavy (non-hydrogen) atoms. The van der Waals surface area contributed by atoms with Crippen molar-refractivity contribution in [2.45, 2.75) is 62.6 Å². The maximum Gasteiger partial charge on any atom is 0.269 e. The van der Waals surface area contributed by atoms with Crippen LogP contribution in [0.3, 0.4) is 0 Å². The van der Waals surface area contributed by atoms with Gasteiger partial charge in [0, 0.05) is 25.6 Å². The molecule has 0 aromatic heterocycles. The summed E-state index contributed by atoms with van der Waals surface area (Å²) in [6.45, 7) is 1.52. The Labute approximate surface area is 211 Å². The molecule has 1 heterocycles. The Hall–Kier alpha value is -3.40. The van der Waals surface area contributed by atoms with E-state index in [2.05, 4.69) is 5.32 Å². The van der Waals surface area contributed by atoms with E-state index in [-0.39, 0.29) is 41.9 Å². The second kappa shape index (κ2) is 10.7. The molecule has 9 nitrogen and oxygen atoms in total. The van der Waals surface area contributed by atoms with Crippen LogP contribution in [-0.2, 0) is 26.2 Å². The number of benzene rings is 2. The van der Waals surface area contributed by atoms with Gasteiger partial charge in [-0.05, 0) is 49.6 Å². The largest absolute Gasteiger partial charge is 0.497 e. The summed E-state index contributed by atoms with van der Waals surface area (Å²) in [5, 5.41) is 3.03. The van der Waals surface area contributed by atoms with Crippen molar-refractivity contribution >= 4 is 27.7 Å². The van der Waals surface area contributed by atoms with Gasteiger partial charge in [0.1, 0.15) is 16.7 Å². The van der Waals surface area contributed by atoms with E-state index >= 15 is 0 Å². The third-order valence-electron chi connectivity index (χ3n) is 6.82. The molecule has 1 aliphatic heterocycles. The third-order valence-corrected chi connectivity index (χ3v) is 8.66. The minimum absolute atomic E-state index is 0.0538. The lowest BCUT2D eigenvalue weighted by Crippen LogP contribution is -2.50. The summed E-state index contributed by atoms with van der Waals surface area (Å²) in [5.74, 6) is -0.645. The van der Waals surface area contributed by atoms with Crippen LogP contribution in [-0.4, -0.2) is 61.1 Å². The Morgan fingerprint density at radius 1 is 1.11 bits per heavy atom. The molecule has 1 fully saturated rings. The van der Waals surface area contributed by atoms with E-state index in [0.717, 1.165) is 35.6 Å². The number of hydrogen-bond acceptors (Lipinski definition) is 6. The summed E-state index contributed by atoms with van der Waals surface area (Å²) in [6, 6.07) is 12.5. The Kier molecular flexibility index (Phi) is 7.63. The van der Waals surface area contributed by atoms with Gasteiger partial charge in [0.05, 0.1) is 12.7 Å². The van der Waals surface area contributed by atoms with E-state index < -0.39 is 27.9 Å². The molecule has 1 aliphatic carbocycles. The van der Waals surface area contributed by atoms with Gasteiger partial charge in [0.2, 0.25) is 11.8 Å². The van der Waals surface area contributed by atoms with Crippen LogP contribution < -0.4 is 10.1 Å². The fourth-order valence-corrected chi connectivity index (χ4v) is 6.26. The number of carbonyl (C=O) groups is 3. The van der Waals surface area contributed by atoms with Crippen LogP contribution >= 0.6 is 0 Å². The fraction of sp³-hybridized carbons (Fsp3) is 0.423. The number of fused-ring (bicyclic) bond motifs is 1. The predicted octanol–water partition coefficient (Wildman–Crippen LogP) is 2.71. The first-order valence-corrected chi connectivity index (χ1v) is 13.5. The van der Waals surface area contributed by atoms with Gasteiger partial charge in [-0.15, -0.1) is 0 Å². The zero-order valence-electron chi connectivity index (χ0n) is 20.5. The number of carbonyl (C=O) groups excluding carboxylic acids is 3. The molecular formula is C26H31N3O6S. The van der Waals surface area contributed by atoms with E-state index in [4.69, 9.17) is 4.74 Å². The van der Waals surface area contributed by atoms with Gasteiger partial charge in [-0.3, -0.25) is 14.4 Å². The SMILES string of the molecule is COc1ccc(CN(C(=O)CCN2C(=O)c3ccccc3S2(=O)=O)[C@@H](C)C(=O)NC2CCCC2)cc1. The molecule has 192 valence electrons. The van der Waals surface area contributed by atoms with Crippen LogP contribution in [0.5, 0.6) is 5.75 Å². The van der Waals surface area contributed by atoms with Crippen molar-refractivity contribution in [3.63, 3.8) is 0 Å². The van der Waals surface area contributed by atoms with Crippen LogP contribution in [0.1, 0.15) is 54.9 Å². The minimum atomic E-state index is -4.02. The summed E-state index contributed by atoms with van der Waals surface area (Å²) in [5.41, 5.74) is 0.895. The normalized spacial score (nSPS) is 17.5. The van der Waals surface area contributed by atoms with Gasteiger partial charge in [0.25, 0.3) is 15.9 Å². The van der Waals surface area contributed by atoms with Crippen LogP contribution in [0.15, 0.2) is 53.4 Å². The second-order valence-electron chi connectivity index (χ2n) is 9.16. The number of ether oxygens (including phenoxy) is 1. The lowest BCUT2D eigenvalue weighted by Gasteiger charge is -2.30. The first-order chi connectivity index (χ1) is 17.2. The first-order valence-electron chi connectivity index (χ1n) is 12.1. The number of hydrogen-bond donors (Lipinski definition) is 1. The van der Waals surface area contributed by atoms with Crippen molar-refractivity contribution in [1.29, 1.82) is 0 Å². The molecule has 2 aliphatic rings. The highest BCUT2D eigenvalue weighted by Crippen LogP contribution is 2.30. The van der Waals surface area contributed by atoms with Gasteiger partial charge in [-0.1, -0.05) is 37.1 Å². The van der Waals surface area contributed by atoms with Gasteiger partial charge in [0.15, 0.2) is 0 Å². The number of nitrogens with zero attached hydrogens (tertiary/aromatic N) is 2. The first kappa shape index (κ1) is 25.7. The molecule has 1 saturated carbocycles. The number of sulfonamides is 1. The summed E-state index contributed by atoms with van der Waals surface area (Å²) in [4.78, 5) is 40.5. The maximum absolute atomic E-state index is 13.4. The maximum atomic E-state index is 13.4. The lowest BCUT2D eigenvalue weighted by molar-refractivity contribution is -0.140. The van der Waals surface area contributed by atoms with Crippen molar-refractivity contribution < 1.29 is 27.5 Å². The summed E-state index contributed by atoms with van der Waals surface area (Å²) in [6.07, 6.45) is 3.72. The van der Waals surface area contributed by atoms with Gasteiger partial charge in [-0.25, -0.2) is 12.7 Å². The van der Waals surface area contributed by atoms with Crippen molar-refractivity contribution in [3.8, 4) is 5.75 Å². The average Bonchev–Trinajstić information content (AvgIpc) is 3.46. The number of methoxy groups -OCH3 is 1. The second-order valence-corrected chi connectivity index (χ2v) is 11.0. The van der Waals surface area contributed by atoms with Gasteiger partial charge < -0.3 is 15.0 Å². The molecule has 1 atom stereocenters. The summed E-state index contributed by atoms with van der Waals surface area (Å²) in [7, 11) is -2.45. The lowest BCUT2D eigenvalue weighted by atomic mass is 10.1. The monoisotopic (exact) mass is 513 g/mol. The molecule has 2 aromatic rings. The highest BCUT2D eigenvalue weighted by atomic mass is 32.2. The number of amides is 3. The molecule has 0 radical (unpaired) electrons. The van der Waals surface area contributed by atoms with Crippen molar-refractivity contribution in [1.82, 2.24) is 14.5 Å². The van der Waals surface area contributed by atoms with E-state index in [1.54, 1.807) is 38.3 Å². The minimum Gasteiger partial charge on any atom is -0.497 e. The van der Waals surface area contributed by atoms with Crippen molar-refractivity contribution in [2.75, 3.05) is 13.7 Å². The molecular weight excluding hydrogens is 482 g/mol. The zero-order valence-corrected chi connectivity index (χ0v) is 21.3. The molecule has 0 saturated heterocycles. The van der Waals surface area contributed by atoms with Crippen molar-refractivity contribution in [2.24, 2.45) is 0 Å². The molecule has 0 bridgehead atoms. The van der Waals surface area contributed by atoms with E-state index in [1.165, 1.54) is 17.0 Å². The van der Waals surface area contributed by atoms with Crippen LogP contribution in [0.4, 0.5) is 0 Å². The van der Waals surface area contributed by atoms with Gasteiger partial charge in [-0.2, -0.15) is 0 Å². The highest BCUT2D eigenvalue weighted by molar-refractivity contribution is 7.90. The van der Waals surface area contributed by atoms with Crippen LogP contribution in [0, 0.1) is 0 Å². The van der Waals surface area contributed by atoms with Crippen LogP contribution in [0.25, 0.3) is 0 Å². The Morgan fingerprint density at radius 3 is 2.42 bits per heavy atom. The average molecular weight is 514 g/mol. The summed E-state index contributed by atoms with van der Waals surface area (Å²) >= 11 is 0. The fourth-order valence-electron chi connectivity index (χ4n) is 4.70. The molecule has 0 spiro atoms. The van der Waals surface area contributed by atoms with E-state index in [9.17, 15) is 22.8 Å². The Morgan fingerprint density at radius 2 is 1.78 bits per heavy atom. The molecule has 0 unspecified atom stereocenters. The third kappa shape index (κ3) is 5.23. The number of nitrogens with one attached hydrogen (secondary N) is 1. The van der Waals surface area contributed by atoms with E-state index in [0.29, 0.717) is 5.75 Å². The molecule has 4 rings (SSSR count). The van der Waals surface area contributed by atoms with Gasteiger partial charge >= 0.3 is 0 Å². The topological polar surface area (TPSA) is 113 Å². The molecule has 1 N–H and O–H groups in total.